The number of carbonyl (C=O) groups excluding carboxylic acids is 1. The van der Waals surface area contributed by atoms with Crippen molar-refractivity contribution >= 4 is 27.5 Å². The van der Waals surface area contributed by atoms with E-state index in [0.717, 1.165) is 29.4 Å². The maximum atomic E-state index is 12.2. The number of nitrogens with one attached hydrogen (secondary N) is 1. The molecule has 1 fully saturated rings. The molecule has 0 aromatic heterocycles. The predicted octanol–water partition coefficient (Wildman–Crippen LogP) is 3.93. The van der Waals surface area contributed by atoms with Gasteiger partial charge in [0, 0.05) is 10.2 Å². The Bertz CT molecular complexity index is 472. The third kappa shape index (κ3) is 3.00. The first-order valence-corrected chi connectivity index (χ1v) is 8.08. The van der Waals surface area contributed by atoms with Crippen LogP contribution >= 0.6 is 15.9 Å². The number of rotatable bonds is 4. The molecule has 1 amide bonds. The second kappa shape index (κ2) is 6.17. The molecule has 1 saturated carbocycles. The fourth-order valence-electron chi connectivity index (χ4n) is 3.42. The number of anilines is 1. The Morgan fingerprint density at radius 2 is 2.00 bits per heavy atom. The van der Waals surface area contributed by atoms with E-state index in [1.165, 1.54) is 6.42 Å². The van der Waals surface area contributed by atoms with Gasteiger partial charge in [-0.25, -0.2) is 0 Å². The van der Waals surface area contributed by atoms with E-state index in [-0.39, 0.29) is 11.8 Å². The van der Waals surface area contributed by atoms with Crippen molar-refractivity contribution in [1.29, 1.82) is 0 Å². The molecular formula is C16H23BrN2O. The molecule has 0 aliphatic heterocycles. The van der Waals surface area contributed by atoms with Crippen molar-refractivity contribution in [3.8, 4) is 0 Å². The molecule has 1 aliphatic carbocycles. The molecule has 2 rings (SSSR count). The summed E-state index contributed by atoms with van der Waals surface area (Å²) in [5.41, 5.74) is 6.14. The minimum Gasteiger partial charge on any atom is -0.371 e. The van der Waals surface area contributed by atoms with Crippen LogP contribution in [0.2, 0.25) is 0 Å². The molecule has 110 valence electrons. The smallest absolute Gasteiger partial charge is 0.243 e. The number of amides is 1. The molecular weight excluding hydrogens is 316 g/mol. The van der Waals surface area contributed by atoms with Crippen LogP contribution in [0.5, 0.6) is 0 Å². The molecule has 4 heteroatoms. The molecule has 20 heavy (non-hydrogen) atoms. The van der Waals surface area contributed by atoms with Gasteiger partial charge in [0.25, 0.3) is 0 Å². The van der Waals surface area contributed by atoms with Crippen LogP contribution in [0.1, 0.15) is 39.5 Å². The standard InChI is InChI=1S/C16H23BrN2O/c1-11(2)14-5-3-4-10-16(14,15(18)20)19-13-8-6-12(17)7-9-13/h6-9,11,14,19H,3-5,10H2,1-2H3,(H2,18,20). The number of nitrogens with two attached hydrogens (primary N) is 1. The number of benzene rings is 1. The molecule has 1 aliphatic rings. The molecule has 0 radical (unpaired) electrons. The summed E-state index contributed by atoms with van der Waals surface area (Å²) in [7, 11) is 0. The predicted molar refractivity (Wildman–Crippen MR) is 86.5 cm³/mol. The summed E-state index contributed by atoms with van der Waals surface area (Å²) in [4.78, 5) is 12.2. The van der Waals surface area contributed by atoms with Crippen molar-refractivity contribution in [2.75, 3.05) is 5.32 Å². The van der Waals surface area contributed by atoms with Crippen LogP contribution in [0, 0.1) is 11.8 Å². The third-order valence-corrected chi connectivity index (χ3v) is 4.95. The molecule has 0 spiro atoms. The van der Waals surface area contributed by atoms with Crippen molar-refractivity contribution in [2.45, 2.75) is 45.1 Å². The van der Waals surface area contributed by atoms with Crippen LogP contribution in [-0.4, -0.2) is 11.4 Å². The highest BCUT2D eigenvalue weighted by atomic mass is 79.9. The zero-order chi connectivity index (χ0) is 14.8. The monoisotopic (exact) mass is 338 g/mol. The largest absolute Gasteiger partial charge is 0.371 e. The fraction of sp³-hybridized carbons (Fsp3) is 0.562. The fourth-order valence-corrected chi connectivity index (χ4v) is 3.68. The number of hydrogen-bond acceptors (Lipinski definition) is 2. The molecule has 0 bridgehead atoms. The Morgan fingerprint density at radius 3 is 2.55 bits per heavy atom. The van der Waals surface area contributed by atoms with Gasteiger partial charge < -0.3 is 11.1 Å². The van der Waals surface area contributed by atoms with Gasteiger partial charge in [0.05, 0.1) is 0 Å². The van der Waals surface area contributed by atoms with E-state index in [4.69, 9.17) is 5.73 Å². The van der Waals surface area contributed by atoms with E-state index in [1.807, 2.05) is 24.3 Å². The lowest BCUT2D eigenvalue weighted by molar-refractivity contribution is -0.126. The number of hydrogen-bond donors (Lipinski definition) is 2. The summed E-state index contributed by atoms with van der Waals surface area (Å²) in [6, 6.07) is 7.93. The molecule has 3 N–H and O–H groups in total. The maximum absolute atomic E-state index is 12.2. The van der Waals surface area contributed by atoms with Crippen molar-refractivity contribution in [3.05, 3.63) is 28.7 Å². The molecule has 1 aromatic rings. The Labute approximate surface area is 129 Å². The van der Waals surface area contributed by atoms with Crippen molar-refractivity contribution in [3.63, 3.8) is 0 Å². The number of halogens is 1. The summed E-state index contributed by atoms with van der Waals surface area (Å²) in [6.07, 6.45) is 4.11. The van der Waals surface area contributed by atoms with Crippen molar-refractivity contribution < 1.29 is 4.79 Å². The minimum atomic E-state index is -0.611. The van der Waals surface area contributed by atoms with Gasteiger partial charge in [-0.05, 0) is 48.9 Å². The molecule has 3 nitrogen and oxygen atoms in total. The summed E-state index contributed by atoms with van der Waals surface area (Å²) < 4.78 is 1.03. The normalized spacial score (nSPS) is 26.5. The lowest BCUT2D eigenvalue weighted by Crippen LogP contribution is -2.58. The second-order valence-electron chi connectivity index (χ2n) is 6.06. The van der Waals surface area contributed by atoms with Gasteiger partial charge in [0.15, 0.2) is 0 Å². The zero-order valence-corrected chi connectivity index (χ0v) is 13.7. The second-order valence-corrected chi connectivity index (χ2v) is 6.98. The van der Waals surface area contributed by atoms with Crippen LogP contribution in [0.3, 0.4) is 0 Å². The summed E-state index contributed by atoms with van der Waals surface area (Å²) in [5, 5.41) is 3.46. The van der Waals surface area contributed by atoms with Gasteiger partial charge >= 0.3 is 0 Å². The Morgan fingerprint density at radius 1 is 1.35 bits per heavy atom. The Balaban J connectivity index is 2.32. The molecule has 0 heterocycles. The Hall–Kier alpha value is -1.03. The maximum Gasteiger partial charge on any atom is 0.243 e. The van der Waals surface area contributed by atoms with E-state index in [1.54, 1.807) is 0 Å². The van der Waals surface area contributed by atoms with Gasteiger partial charge in [-0.1, -0.05) is 42.6 Å². The molecule has 1 aromatic carbocycles. The topological polar surface area (TPSA) is 55.1 Å². The summed E-state index contributed by atoms with van der Waals surface area (Å²) >= 11 is 3.43. The first-order valence-electron chi connectivity index (χ1n) is 7.29. The lowest BCUT2D eigenvalue weighted by Gasteiger charge is -2.45. The van der Waals surface area contributed by atoms with E-state index in [0.29, 0.717) is 5.92 Å². The van der Waals surface area contributed by atoms with Crippen molar-refractivity contribution in [1.82, 2.24) is 0 Å². The third-order valence-electron chi connectivity index (χ3n) is 4.43. The van der Waals surface area contributed by atoms with E-state index in [2.05, 4.69) is 35.1 Å². The van der Waals surface area contributed by atoms with Crippen LogP contribution in [0.15, 0.2) is 28.7 Å². The van der Waals surface area contributed by atoms with Gasteiger partial charge in [-0.3, -0.25) is 4.79 Å². The van der Waals surface area contributed by atoms with Crippen LogP contribution in [0.25, 0.3) is 0 Å². The molecule has 2 unspecified atom stereocenters. The minimum absolute atomic E-state index is 0.223. The van der Waals surface area contributed by atoms with E-state index in [9.17, 15) is 4.79 Å². The first kappa shape index (κ1) is 15.4. The highest BCUT2D eigenvalue weighted by Crippen LogP contribution is 2.40. The quantitative estimate of drug-likeness (QED) is 0.873. The molecule has 2 atom stereocenters. The van der Waals surface area contributed by atoms with Crippen LogP contribution < -0.4 is 11.1 Å². The lowest BCUT2D eigenvalue weighted by atomic mass is 9.67. The number of primary amides is 1. The van der Waals surface area contributed by atoms with Gasteiger partial charge in [0.1, 0.15) is 5.54 Å². The first-order chi connectivity index (χ1) is 9.45. The number of carbonyl (C=O) groups is 1. The van der Waals surface area contributed by atoms with Crippen LogP contribution in [-0.2, 0) is 4.79 Å². The van der Waals surface area contributed by atoms with Gasteiger partial charge in [0.2, 0.25) is 5.91 Å². The average molecular weight is 339 g/mol. The van der Waals surface area contributed by atoms with Crippen LogP contribution in [0.4, 0.5) is 5.69 Å². The summed E-state index contributed by atoms with van der Waals surface area (Å²) in [6.45, 7) is 4.36. The highest BCUT2D eigenvalue weighted by molar-refractivity contribution is 9.10. The SMILES string of the molecule is CC(C)C1CCCCC1(Nc1ccc(Br)cc1)C(N)=O. The average Bonchev–Trinajstić information content (AvgIpc) is 2.41. The Kier molecular flexibility index (Phi) is 4.74. The van der Waals surface area contributed by atoms with Gasteiger partial charge in [-0.2, -0.15) is 0 Å². The molecule has 0 saturated heterocycles. The van der Waals surface area contributed by atoms with E-state index < -0.39 is 5.54 Å². The van der Waals surface area contributed by atoms with Crippen molar-refractivity contribution in [2.24, 2.45) is 17.6 Å². The highest BCUT2D eigenvalue weighted by Gasteiger charge is 2.46. The summed E-state index contributed by atoms with van der Waals surface area (Å²) in [5.74, 6) is 0.502. The van der Waals surface area contributed by atoms with E-state index >= 15 is 0 Å². The zero-order valence-electron chi connectivity index (χ0n) is 12.2. The van der Waals surface area contributed by atoms with Gasteiger partial charge in [-0.15, -0.1) is 0 Å².